The van der Waals surface area contributed by atoms with Crippen molar-refractivity contribution in [2.24, 2.45) is 15.9 Å². The molecule has 1 aromatic carbocycles. The van der Waals surface area contributed by atoms with E-state index in [4.69, 9.17) is 11.6 Å². The quantitative estimate of drug-likeness (QED) is 0.375. The van der Waals surface area contributed by atoms with Crippen LogP contribution in [-0.4, -0.2) is 17.8 Å². The summed E-state index contributed by atoms with van der Waals surface area (Å²) >= 11 is 5.98. The van der Waals surface area contributed by atoms with Crippen LogP contribution in [-0.2, 0) is 0 Å². The van der Waals surface area contributed by atoms with Gasteiger partial charge in [0.2, 0.25) is 0 Å². The van der Waals surface area contributed by atoms with Crippen LogP contribution in [0.1, 0.15) is 65.4 Å². The smallest absolute Gasteiger partial charge is 0.255 e. The number of rotatable bonds is 8. The fourth-order valence-corrected chi connectivity index (χ4v) is 2.71. The van der Waals surface area contributed by atoms with Crippen LogP contribution in [0.25, 0.3) is 0 Å². The van der Waals surface area contributed by atoms with Gasteiger partial charge in [-0.3, -0.25) is 9.98 Å². The Hall–Kier alpha value is -1.81. The average molecular weight is 423 g/mol. The van der Waals surface area contributed by atoms with Gasteiger partial charge in [0.1, 0.15) is 5.71 Å². The first-order chi connectivity index (χ1) is 13.8. The van der Waals surface area contributed by atoms with Crippen LogP contribution >= 0.6 is 11.6 Å². The van der Waals surface area contributed by atoms with Crippen molar-refractivity contribution in [3.63, 3.8) is 0 Å². The first kappa shape index (κ1) is 25.2. The van der Waals surface area contributed by atoms with E-state index >= 15 is 0 Å². The number of alkyl halides is 2. The molecule has 0 spiro atoms. The van der Waals surface area contributed by atoms with Crippen LogP contribution in [0.2, 0.25) is 5.02 Å². The summed E-state index contributed by atoms with van der Waals surface area (Å²) in [7, 11) is 0. The van der Waals surface area contributed by atoms with Crippen molar-refractivity contribution in [2.75, 3.05) is 0 Å². The molecule has 2 nitrogen and oxygen atoms in total. The lowest BCUT2D eigenvalue weighted by molar-refractivity contribution is 0.226. The highest BCUT2D eigenvalue weighted by Gasteiger charge is 2.21. The van der Waals surface area contributed by atoms with Gasteiger partial charge in [-0.15, -0.1) is 0 Å². The lowest BCUT2D eigenvalue weighted by Crippen LogP contribution is -2.20. The van der Waals surface area contributed by atoms with Crippen molar-refractivity contribution in [1.29, 1.82) is 0 Å². The van der Waals surface area contributed by atoms with Crippen molar-refractivity contribution in [3.8, 4) is 0 Å². The van der Waals surface area contributed by atoms with Gasteiger partial charge in [-0.05, 0) is 56.4 Å². The van der Waals surface area contributed by atoms with Gasteiger partial charge in [0, 0.05) is 22.5 Å². The van der Waals surface area contributed by atoms with Crippen molar-refractivity contribution in [3.05, 3.63) is 52.7 Å². The number of aliphatic imine (C=N–C) groups is 2. The van der Waals surface area contributed by atoms with Crippen LogP contribution < -0.4 is 0 Å². The standard InChI is InChI=1S/C20H25ClF2N2.C4H8/c1-5-8-12-24-19(20(22)23)16(7-3)18(9-6-2)25-17-11-10-15(21)13-14(17)4;1-4-2-3-4/h7-8,10-13,20H,5-6,9H2,1-4H3;4H,2-3H2,1H3/b12-8-,16-7-,24-19-,25-18?;. The van der Waals surface area contributed by atoms with Gasteiger partial charge in [0.15, 0.2) is 0 Å². The largest absolute Gasteiger partial charge is 0.281 e. The van der Waals surface area contributed by atoms with Crippen LogP contribution in [0.3, 0.4) is 0 Å². The average Bonchev–Trinajstić information content (AvgIpc) is 3.45. The van der Waals surface area contributed by atoms with Gasteiger partial charge in [-0.25, -0.2) is 8.78 Å². The summed E-state index contributed by atoms with van der Waals surface area (Å²) in [5.41, 5.74) is 2.39. The molecule has 160 valence electrons. The predicted octanol–water partition coefficient (Wildman–Crippen LogP) is 8.51. The van der Waals surface area contributed by atoms with Crippen molar-refractivity contribution < 1.29 is 8.78 Å². The van der Waals surface area contributed by atoms with Gasteiger partial charge in [-0.2, -0.15) is 0 Å². The summed E-state index contributed by atoms with van der Waals surface area (Å²) in [6.45, 7) is 9.83. The Balaban J connectivity index is 0.000000929. The Bertz CT molecular complexity index is 760. The predicted molar refractivity (Wildman–Crippen MR) is 123 cm³/mol. The Morgan fingerprint density at radius 3 is 2.38 bits per heavy atom. The minimum Gasteiger partial charge on any atom is -0.255 e. The Morgan fingerprint density at radius 1 is 1.28 bits per heavy atom. The van der Waals surface area contributed by atoms with E-state index in [0.29, 0.717) is 22.7 Å². The highest BCUT2D eigenvalue weighted by Crippen LogP contribution is 2.27. The molecule has 0 aromatic heterocycles. The summed E-state index contributed by atoms with van der Waals surface area (Å²) < 4.78 is 27.1. The van der Waals surface area contributed by atoms with Gasteiger partial charge in [-0.1, -0.05) is 63.8 Å². The zero-order valence-corrected chi connectivity index (χ0v) is 18.9. The normalized spacial score (nSPS) is 15.7. The second-order valence-corrected chi connectivity index (χ2v) is 7.67. The number of benzene rings is 1. The number of nitrogens with zero attached hydrogens (tertiary/aromatic N) is 2. The van der Waals surface area contributed by atoms with Crippen molar-refractivity contribution >= 4 is 28.7 Å². The molecule has 0 bridgehead atoms. The van der Waals surface area contributed by atoms with E-state index in [1.165, 1.54) is 19.0 Å². The second-order valence-electron chi connectivity index (χ2n) is 7.23. The molecule has 0 aliphatic heterocycles. The summed E-state index contributed by atoms with van der Waals surface area (Å²) in [5, 5.41) is 0.624. The number of halogens is 3. The molecule has 5 heteroatoms. The van der Waals surface area contributed by atoms with Crippen LogP contribution in [0, 0.1) is 12.8 Å². The molecule has 0 amide bonds. The van der Waals surface area contributed by atoms with E-state index in [0.717, 1.165) is 30.0 Å². The van der Waals surface area contributed by atoms with Gasteiger partial charge >= 0.3 is 0 Å². The monoisotopic (exact) mass is 422 g/mol. The Labute approximate surface area is 179 Å². The highest BCUT2D eigenvalue weighted by molar-refractivity contribution is 6.30. The third-order valence-corrected chi connectivity index (χ3v) is 4.64. The third kappa shape index (κ3) is 9.49. The molecule has 1 fully saturated rings. The van der Waals surface area contributed by atoms with Crippen LogP contribution in [0.4, 0.5) is 14.5 Å². The molecular weight excluding hydrogens is 390 g/mol. The summed E-state index contributed by atoms with van der Waals surface area (Å²) in [4.78, 5) is 8.62. The minimum absolute atomic E-state index is 0.244. The fraction of sp³-hybridized carbons (Fsp3) is 0.500. The highest BCUT2D eigenvalue weighted by atomic mass is 35.5. The first-order valence-electron chi connectivity index (χ1n) is 10.4. The molecule has 0 atom stereocenters. The summed E-state index contributed by atoms with van der Waals surface area (Å²) in [6, 6.07) is 5.36. The van der Waals surface area contributed by atoms with E-state index in [-0.39, 0.29) is 5.71 Å². The van der Waals surface area contributed by atoms with E-state index in [2.05, 4.69) is 16.9 Å². The fourth-order valence-electron chi connectivity index (χ4n) is 2.49. The molecule has 0 saturated heterocycles. The lowest BCUT2D eigenvalue weighted by Gasteiger charge is -2.13. The molecule has 1 aliphatic carbocycles. The molecule has 1 aromatic rings. The zero-order chi connectivity index (χ0) is 21.8. The molecule has 0 N–H and O–H groups in total. The van der Waals surface area contributed by atoms with Crippen molar-refractivity contribution in [2.45, 2.75) is 73.1 Å². The molecule has 1 saturated carbocycles. The topological polar surface area (TPSA) is 24.7 Å². The molecule has 0 heterocycles. The minimum atomic E-state index is -2.67. The molecule has 0 unspecified atom stereocenters. The number of hydrogen-bond donors (Lipinski definition) is 0. The SMILES string of the molecule is CC1CC1.C\C=C(C(CCC)=Nc1ccc(Cl)cc1C)/C(=N/C=C\CC)C(F)F. The third-order valence-electron chi connectivity index (χ3n) is 4.40. The van der Waals surface area contributed by atoms with E-state index in [9.17, 15) is 8.78 Å². The molecule has 2 rings (SSSR count). The number of aryl methyl sites for hydroxylation is 1. The number of allylic oxidation sites excluding steroid dienone is 3. The lowest BCUT2D eigenvalue weighted by atomic mass is 10.0. The van der Waals surface area contributed by atoms with Crippen LogP contribution in [0.5, 0.6) is 0 Å². The summed E-state index contributed by atoms with van der Waals surface area (Å²) in [5.74, 6) is 1.08. The molecule has 1 aliphatic rings. The van der Waals surface area contributed by atoms with E-state index < -0.39 is 6.43 Å². The van der Waals surface area contributed by atoms with Crippen LogP contribution in [0.15, 0.2) is 52.1 Å². The van der Waals surface area contributed by atoms with Gasteiger partial charge in [0.25, 0.3) is 6.43 Å². The summed E-state index contributed by atoms with van der Waals surface area (Å²) in [6.07, 6.45) is 7.27. The molecule has 0 radical (unpaired) electrons. The number of hydrogen-bond acceptors (Lipinski definition) is 2. The second kappa shape index (κ2) is 13.4. The maximum absolute atomic E-state index is 13.6. The maximum atomic E-state index is 13.6. The van der Waals surface area contributed by atoms with E-state index in [1.54, 1.807) is 31.2 Å². The van der Waals surface area contributed by atoms with E-state index in [1.807, 2.05) is 26.8 Å². The Morgan fingerprint density at radius 2 is 1.93 bits per heavy atom. The first-order valence-corrected chi connectivity index (χ1v) is 10.7. The molecular formula is C24H33ClF2N2. The maximum Gasteiger partial charge on any atom is 0.281 e. The Kier molecular flexibility index (Phi) is 11.7. The van der Waals surface area contributed by atoms with Gasteiger partial charge in [0.05, 0.1) is 5.69 Å². The van der Waals surface area contributed by atoms with Gasteiger partial charge < -0.3 is 0 Å². The molecule has 29 heavy (non-hydrogen) atoms. The van der Waals surface area contributed by atoms with Crippen molar-refractivity contribution in [1.82, 2.24) is 0 Å². The zero-order valence-electron chi connectivity index (χ0n) is 18.2.